The third-order valence-electron chi connectivity index (χ3n) is 4.71. The summed E-state index contributed by atoms with van der Waals surface area (Å²) in [6.45, 7) is 4.05. The molecule has 5 heteroatoms. The van der Waals surface area contributed by atoms with Crippen LogP contribution in [0.3, 0.4) is 0 Å². The Kier molecular flexibility index (Phi) is 8.06. The van der Waals surface area contributed by atoms with E-state index in [1.807, 2.05) is 30.3 Å². The first kappa shape index (κ1) is 19.3. The highest BCUT2D eigenvalue weighted by Crippen LogP contribution is 2.18. The summed E-state index contributed by atoms with van der Waals surface area (Å²) in [7, 11) is 1.93. The summed E-state index contributed by atoms with van der Waals surface area (Å²) in [6.07, 6.45) is 6.02. The lowest BCUT2D eigenvalue weighted by molar-refractivity contribution is -0.130. The highest BCUT2D eigenvalue weighted by atomic mass is 32.2. The van der Waals surface area contributed by atoms with E-state index in [4.69, 9.17) is 0 Å². The molecule has 0 spiro atoms. The van der Waals surface area contributed by atoms with E-state index in [1.165, 1.54) is 30.5 Å². The molecule has 3 nitrogen and oxygen atoms in total. The topological polar surface area (TPSA) is 23.6 Å². The smallest absolute Gasteiger partial charge is 0.223 e. The van der Waals surface area contributed by atoms with Crippen molar-refractivity contribution in [1.29, 1.82) is 0 Å². The van der Waals surface area contributed by atoms with Gasteiger partial charge in [0, 0.05) is 38.9 Å². The molecule has 0 N–H and O–H groups in total. The lowest BCUT2D eigenvalue weighted by atomic mass is 9.97. The zero-order chi connectivity index (χ0) is 17.4. The molecule has 1 heterocycles. The Morgan fingerprint density at radius 3 is 2.83 bits per heavy atom. The molecule has 1 amide bonds. The highest BCUT2D eigenvalue weighted by molar-refractivity contribution is 7.98. The number of carbonyl (C=O) groups is 1. The highest BCUT2D eigenvalue weighted by Gasteiger charge is 2.22. The van der Waals surface area contributed by atoms with Gasteiger partial charge in [-0.25, -0.2) is 4.39 Å². The van der Waals surface area contributed by atoms with Gasteiger partial charge in [-0.2, -0.15) is 11.8 Å². The number of thioether (sulfide) groups is 1. The Bertz CT molecular complexity index is 509. The van der Waals surface area contributed by atoms with Gasteiger partial charge in [0.05, 0.1) is 0 Å². The predicted molar refractivity (Wildman–Crippen MR) is 99.9 cm³/mol. The van der Waals surface area contributed by atoms with Crippen molar-refractivity contribution in [3.8, 4) is 0 Å². The van der Waals surface area contributed by atoms with Gasteiger partial charge in [0.25, 0.3) is 0 Å². The van der Waals surface area contributed by atoms with Crippen LogP contribution in [0, 0.1) is 11.7 Å². The summed E-state index contributed by atoms with van der Waals surface area (Å²) < 4.78 is 13.0. The molecular weight excluding hydrogens is 323 g/mol. The lowest BCUT2D eigenvalue weighted by Crippen LogP contribution is -2.42. The van der Waals surface area contributed by atoms with E-state index in [9.17, 15) is 9.18 Å². The van der Waals surface area contributed by atoms with E-state index in [-0.39, 0.29) is 11.7 Å². The number of rotatable bonds is 8. The number of piperidine rings is 1. The van der Waals surface area contributed by atoms with E-state index in [1.54, 1.807) is 11.8 Å². The van der Waals surface area contributed by atoms with Crippen molar-refractivity contribution in [3.63, 3.8) is 0 Å². The Morgan fingerprint density at radius 2 is 2.12 bits per heavy atom. The fraction of sp³-hybridized carbons (Fsp3) is 0.632. The summed E-state index contributed by atoms with van der Waals surface area (Å²) in [5, 5.41) is 0. The van der Waals surface area contributed by atoms with Crippen LogP contribution in [0.4, 0.5) is 4.39 Å². The van der Waals surface area contributed by atoms with Gasteiger partial charge in [-0.1, -0.05) is 12.1 Å². The zero-order valence-electron chi connectivity index (χ0n) is 14.8. The van der Waals surface area contributed by atoms with Crippen LogP contribution >= 0.6 is 11.8 Å². The van der Waals surface area contributed by atoms with E-state index in [0.717, 1.165) is 38.4 Å². The minimum atomic E-state index is -0.175. The maximum absolute atomic E-state index is 13.0. The van der Waals surface area contributed by atoms with E-state index < -0.39 is 0 Å². The van der Waals surface area contributed by atoms with Crippen molar-refractivity contribution in [1.82, 2.24) is 9.80 Å². The van der Waals surface area contributed by atoms with Gasteiger partial charge in [0.2, 0.25) is 5.91 Å². The molecule has 1 saturated heterocycles. The van der Waals surface area contributed by atoms with Crippen LogP contribution in [0.1, 0.15) is 24.8 Å². The Hall–Kier alpha value is -1.07. The van der Waals surface area contributed by atoms with Gasteiger partial charge in [-0.3, -0.25) is 4.79 Å². The number of amides is 1. The molecule has 0 aromatic heterocycles. The fourth-order valence-electron chi connectivity index (χ4n) is 3.31. The van der Waals surface area contributed by atoms with Gasteiger partial charge in [-0.05, 0) is 55.7 Å². The van der Waals surface area contributed by atoms with Crippen molar-refractivity contribution >= 4 is 17.7 Å². The van der Waals surface area contributed by atoms with Crippen molar-refractivity contribution in [2.45, 2.75) is 25.7 Å². The molecule has 2 rings (SSSR count). The number of hydrogen-bond acceptors (Lipinski definition) is 3. The van der Waals surface area contributed by atoms with Crippen molar-refractivity contribution in [2.75, 3.05) is 45.2 Å². The van der Waals surface area contributed by atoms with Crippen LogP contribution < -0.4 is 0 Å². The van der Waals surface area contributed by atoms with Crippen LogP contribution in [-0.2, 0) is 11.2 Å². The maximum Gasteiger partial charge on any atom is 0.223 e. The van der Waals surface area contributed by atoms with E-state index in [0.29, 0.717) is 12.3 Å². The molecule has 1 atom stereocenters. The maximum atomic E-state index is 13.0. The second-order valence-corrected chi connectivity index (χ2v) is 7.69. The van der Waals surface area contributed by atoms with Crippen LogP contribution in [0.5, 0.6) is 0 Å². The van der Waals surface area contributed by atoms with Crippen molar-refractivity contribution in [2.24, 2.45) is 5.92 Å². The molecule has 1 aliphatic rings. The second kappa shape index (κ2) is 10.0. The summed E-state index contributed by atoms with van der Waals surface area (Å²) in [4.78, 5) is 16.5. The van der Waals surface area contributed by atoms with E-state index in [2.05, 4.69) is 4.90 Å². The summed E-state index contributed by atoms with van der Waals surface area (Å²) in [5.74, 6) is 1.55. The predicted octanol–water partition coefficient (Wildman–Crippen LogP) is 3.29. The lowest BCUT2D eigenvalue weighted by Gasteiger charge is -2.34. The normalized spacial score (nSPS) is 18.5. The number of likely N-dealkylation sites (tertiary alicyclic amines) is 1. The van der Waals surface area contributed by atoms with Gasteiger partial charge in [-0.15, -0.1) is 0 Å². The van der Waals surface area contributed by atoms with Gasteiger partial charge >= 0.3 is 0 Å². The first-order valence-electron chi connectivity index (χ1n) is 8.78. The molecule has 0 bridgehead atoms. The molecular formula is C19H29FN2OS. The average molecular weight is 353 g/mol. The van der Waals surface area contributed by atoms with Gasteiger partial charge in [0.1, 0.15) is 5.82 Å². The van der Waals surface area contributed by atoms with Crippen LogP contribution in [0.2, 0.25) is 0 Å². The van der Waals surface area contributed by atoms with Crippen molar-refractivity contribution < 1.29 is 9.18 Å². The molecule has 1 unspecified atom stereocenters. The van der Waals surface area contributed by atoms with Crippen LogP contribution in [-0.4, -0.2) is 60.9 Å². The Morgan fingerprint density at radius 1 is 1.38 bits per heavy atom. The fourth-order valence-corrected chi connectivity index (χ4v) is 3.69. The molecule has 0 saturated carbocycles. The third kappa shape index (κ3) is 6.44. The number of hydrogen-bond donors (Lipinski definition) is 0. The third-order valence-corrected chi connectivity index (χ3v) is 5.32. The molecule has 1 fully saturated rings. The van der Waals surface area contributed by atoms with Crippen molar-refractivity contribution in [3.05, 3.63) is 35.6 Å². The van der Waals surface area contributed by atoms with E-state index >= 15 is 0 Å². The molecule has 1 aliphatic heterocycles. The molecule has 0 radical (unpaired) electrons. The first-order valence-corrected chi connectivity index (χ1v) is 10.2. The SMILES string of the molecule is CSCCC(=O)N(C)CC1CCCN(CCc2ccc(F)cc2)C1. The summed E-state index contributed by atoms with van der Waals surface area (Å²) in [6, 6.07) is 6.80. The van der Waals surface area contributed by atoms with Crippen LogP contribution in [0.15, 0.2) is 24.3 Å². The minimum Gasteiger partial charge on any atom is -0.345 e. The minimum absolute atomic E-state index is 0.175. The molecule has 1 aromatic carbocycles. The largest absolute Gasteiger partial charge is 0.345 e. The zero-order valence-corrected chi connectivity index (χ0v) is 15.7. The molecule has 134 valence electrons. The molecule has 1 aromatic rings. The Labute approximate surface area is 149 Å². The number of nitrogens with zero attached hydrogens (tertiary/aromatic N) is 2. The number of benzene rings is 1. The number of halogens is 1. The first-order chi connectivity index (χ1) is 11.6. The quantitative estimate of drug-likeness (QED) is 0.717. The second-order valence-electron chi connectivity index (χ2n) is 6.70. The summed E-state index contributed by atoms with van der Waals surface area (Å²) in [5.41, 5.74) is 1.18. The standard InChI is InChI=1S/C19H29FN2OS/c1-21(19(23)10-13-24-2)14-17-4-3-11-22(15-17)12-9-16-5-7-18(20)8-6-16/h5-8,17H,3-4,9-15H2,1-2H3. The number of carbonyl (C=O) groups excluding carboxylic acids is 1. The summed E-state index contributed by atoms with van der Waals surface area (Å²) >= 11 is 1.72. The molecule has 24 heavy (non-hydrogen) atoms. The van der Waals surface area contributed by atoms with Gasteiger partial charge < -0.3 is 9.80 Å². The average Bonchev–Trinajstić information content (AvgIpc) is 2.59. The monoisotopic (exact) mass is 352 g/mol. The Balaban J connectivity index is 1.74. The molecule has 0 aliphatic carbocycles. The van der Waals surface area contributed by atoms with Crippen LogP contribution in [0.25, 0.3) is 0 Å². The van der Waals surface area contributed by atoms with Gasteiger partial charge in [0.15, 0.2) is 0 Å².